The molecule has 0 spiro atoms. The van der Waals surface area contributed by atoms with Crippen LogP contribution in [0.25, 0.3) is 10.9 Å². The van der Waals surface area contributed by atoms with Crippen molar-refractivity contribution in [2.24, 2.45) is 0 Å². The maximum Gasteiger partial charge on any atom is 0.167 e. The highest BCUT2D eigenvalue weighted by molar-refractivity contribution is 5.90. The minimum atomic E-state index is -0.441. The second-order valence-corrected chi connectivity index (χ2v) is 5.21. The van der Waals surface area contributed by atoms with Gasteiger partial charge in [0, 0.05) is 18.0 Å². The van der Waals surface area contributed by atoms with Gasteiger partial charge in [0.1, 0.15) is 17.9 Å². The lowest BCUT2D eigenvalue weighted by Gasteiger charge is -2.11. The summed E-state index contributed by atoms with van der Waals surface area (Å²) >= 11 is 0. The molecule has 0 unspecified atom stereocenters. The highest BCUT2D eigenvalue weighted by atomic mass is 19.1. The molecular weight excluding hydrogens is 309 g/mol. The van der Waals surface area contributed by atoms with E-state index < -0.39 is 5.82 Å². The number of benzene rings is 2. The van der Waals surface area contributed by atoms with Gasteiger partial charge in [-0.15, -0.1) is 0 Å². The van der Waals surface area contributed by atoms with Gasteiger partial charge in [0.05, 0.1) is 19.7 Å². The van der Waals surface area contributed by atoms with Crippen molar-refractivity contribution in [3.8, 4) is 11.5 Å². The van der Waals surface area contributed by atoms with Crippen molar-refractivity contribution in [1.29, 1.82) is 0 Å². The van der Waals surface area contributed by atoms with Crippen molar-refractivity contribution in [2.45, 2.75) is 6.42 Å². The summed E-state index contributed by atoms with van der Waals surface area (Å²) in [5.41, 5.74) is 1.64. The molecule has 24 heavy (non-hydrogen) atoms. The molecular formula is C18H18FN3O2. The van der Waals surface area contributed by atoms with Gasteiger partial charge in [-0.2, -0.15) is 0 Å². The van der Waals surface area contributed by atoms with E-state index in [2.05, 4.69) is 15.3 Å². The summed E-state index contributed by atoms with van der Waals surface area (Å²) in [6.07, 6.45) is 2.19. The average Bonchev–Trinajstić information content (AvgIpc) is 2.61. The van der Waals surface area contributed by atoms with Gasteiger partial charge < -0.3 is 14.8 Å². The van der Waals surface area contributed by atoms with Crippen LogP contribution in [0.2, 0.25) is 0 Å². The molecule has 3 rings (SSSR count). The van der Waals surface area contributed by atoms with Crippen LogP contribution in [0.15, 0.2) is 42.7 Å². The summed E-state index contributed by atoms with van der Waals surface area (Å²) in [6.45, 7) is 0.659. The van der Waals surface area contributed by atoms with E-state index in [9.17, 15) is 4.39 Å². The molecule has 0 saturated heterocycles. The number of aromatic nitrogens is 2. The Bertz CT molecular complexity index is 855. The fourth-order valence-corrected chi connectivity index (χ4v) is 2.58. The van der Waals surface area contributed by atoms with Gasteiger partial charge in [-0.05, 0) is 24.1 Å². The summed E-state index contributed by atoms with van der Waals surface area (Å²) in [5.74, 6) is 1.23. The lowest BCUT2D eigenvalue weighted by atomic mass is 10.1. The van der Waals surface area contributed by atoms with Crippen LogP contribution in [0.1, 0.15) is 5.56 Å². The summed E-state index contributed by atoms with van der Waals surface area (Å²) in [6, 6.07) is 10.8. The molecule has 0 atom stereocenters. The Kier molecular flexibility index (Phi) is 4.74. The molecule has 2 aromatic carbocycles. The molecule has 0 radical (unpaired) electrons. The monoisotopic (exact) mass is 327 g/mol. The summed E-state index contributed by atoms with van der Waals surface area (Å²) in [7, 11) is 3.09. The number of anilines is 1. The molecule has 0 aliphatic rings. The van der Waals surface area contributed by atoms with E-state index in [0.717, 1.165) is 23.1 Å². The topological polar surface area (TPSA) is 56.3 Å². The number of halogens is 1. The lowest BCUT2D eigenvalue weighted by Crippen LogP contribution is -2.08. The Hall–Kier alpha value is -2.89. The Morgan fingerprint density at radius 3 is 2.62 bits per heavy atom. The van der Waals surface area contributed by atoms with E-state index in [1.54, 1.807) is 13.2 Å². The molecule has 1 N–H and O–H groups in total. The zero-order valence-corrected chi connectivity index (χ0v) is 13.5. The fourth-order valence-electron chi connectivity index (χ4n) is 2.58. The van der Waals surface area contributed by atoms with E-state index in [1.165, 1.54) is 19.5 Å². The molecule has 6 heteroatoms. The Balaban J connectivity index is 1.80. The van der Waals surface area contributed by atoms with Crippen molar-refractivity contribution in [3.05, 3.63) is 54.1 Å². The number of rotatable bonds is 6. The highest BCUT2D eigenvalue weighted by Crippen LogP contribution is 2.27. The molecule has 1 heterocycles. The van der Waals surface area contributed by atoms with Gasteiger partial charge in [0.2, 0.25) is 0 Å². The van der Waals surface area contributed by atoms with Crippen LogP contribution in [0.4, 0.5) is 10.2 Å². The minimum absolute atomic E-state index is 0.171. The first-order valence-electron chi connectivity index (χ1n) is 7.57. The molecule has 5 nitrogen and oxygen atoms in total. The number of nitrogens with zero attached hydrogens (tertiary/aromatic N) is 2. The van der Waals surface area contributed by atoms with Crippen molar-refractivity contribution >= 4 is 16.7 Å². The highest BCUT2D eigenvalue weighted by Gasteiger charge is 2.10. The van der Waals surface area contributed by atoms with Crippen molar-refractivity contribution in [1.82, 2.24) is 9.97 Å². The number of ether oxygens (including phenoxy) is 2. The second-order valence-electron chi connectivity index (χ2n) is 5.21. The molecule has 0 aliphatic heterocycles. The van der Waals surface area contributed by atoms with Crippen LogP contribution in [-0.2, 0) is 6.42 Å². The van der Waals surface area contributed by atoms with Gasteiger partial charge in [0.15, 0.2) is 11.6 Å². The van der Waals surface area contributed by atoms with E-state index in [-0.39, 0.29) is 5.75 Å². The molecule has 0 fully saturated rings. The second kappa shape index (κ2) is 7.12. The van der Waals surface area contributed by atoms with Crippen LogP contribution >= 0.6 is 0 Å². The SMILES string of the molecule is COc1cc2c(NCCc3ccccc3OC)ncnc2cc1F. The number of methoxy groups -OCH3 is 2. The number of para-hydroxylation sites is 1. The molecule has 1 aromatic heterocycles. The Morgan fingerprint density at radius 2 is 1.83 bits per heavy atom. The number of hydrogen-bond acceptors (Lipinski definition) is 5. The first-order chi connectivity index (χ1) is 11.7. The number of hydrogen-bond donors (Lipinski definition) is 1. The van der Waals surface area contributed by atoms with Gasteiger partial charge in [-0.1, -0.05) is 18.2 Å². The number of fused-ring (bicyclic) bond motifs is 1. The zero-order valence-electron chi connectivity index (χ0n) is 13.5. The van der Waals surface area contributed by atoms with E-state index in [1.807, 2.05) is 24.3 Å². The van der Waals surface area contributed by atoms with Crippen LogP contribution in [0, 0.1) is 5.82 Å². The van der Waals surface area contributed by atoms with Crippen LogP contribution in [0.3, 0.4) is 0 Å². The molecule has 3 aromatic rings. The van der Waals surface area contributed by atoms with Crippen molar-refractivity contribution < 1.29 is 13.9 Å². The van der Waals surface area contributed by atoms with Gasteiger partial charge in [-0.3, -0.25) is 0 Å². The average molecular weight is 327 g/mol. The smallest absolute Gasteiger partial charge is 0.167 e. The van der Waals surface area contributed by atoms with Gasteiger partial charge in [-0.25, -0.2) is 14.4 Å². The minimum Gasteiger partial charge on any atom is -0.496 e. The van der Waals surface area contributed by atoms with Crippen molar-refractivity contribution in [2.75, 3.05) is 26.1 Å². The zero-order chi connectivity index (χ0) is 16.9. The van der Waals surface area contributed by atoms with Gasteiger partial charge in [0.25, 0.3) is 0 Å². The fraction of sp³-hybridized carbons (Fsp3) is 0.222. The van der Waals surface area contributed by atoms with E-state index >= 15 is 0 Å². The third kappa shape index (κ3) is 3.22. The van der Waals surface area contributed by atoms with E-state index in [4.69, 9.17) is 9.47 Å². The molecule has 0 saturated carbocycles. The molecule has 0 aliphatic carbocycles. The van der Waals surface area contributed by atoms with Crippen LogP contribution in [0.5, 0.6) is 11.5 Å². The quantitative estimate of drug-likeness (QED) is 0.751. The molecule has 124 valence electrons. The summed E-state index contributed by atoms with van der Waals surface area (Å²) < 4.78 is 24.2. The molecule has 0 amide bonds. The molecule has 0 bridgehead atoms. The first kappa shape index (κ1) is 16.0. The first-order valence-corrected chi connectivity index (χ1v) is 7.57. The summed E-state index contributed by atoms with van der Waals surface area (Å²) in [4.78, 5) is 8.36. The predicted molar refractivity (Wildman–Crippen MR) is 91.2 cm³/mol. The maximum absolute atomic E-state index is 13.8. The maximum atomic E-state index is 13.8. The Morgan fingerprint density at radius 1 is 1.04 bits per heavy atom. The van der Waals surface area contributed by atoms with Crippen molar-refractivity contribution in [3.63, 3.8) is 0 Å². The predicted octanol–water partition coefficient (Wildman–Crippen LogP) is 3.44. The largest absolute Gasteiger partial charge is 0.496 e. The lowest BCUT2D eigenvalue weighted by molar-refractivity contribution is 0.387. The summed E-state index contributed by atoms with van der Waals surface area (Å²) in [5, 5.41) is 3.99. The third-order valence-corrected chi connectivity index (χ3v) is 3.79. The van der Waals surface area contributed by atoms with Gasteiger partial charge >= 0.3 is 0 Å². The standard InChI is InChI=1S/C18H18FN3O2/c1-23-16-6-4-3-5-12(16)7-8-20-18-13-9-17(24-2)14(19)10-15(13)21-11-22-18/h3-6,9-11H,7-8H2,1-2H3,(H,20,21,22). The van der Waals surface area contributed by atoms with Crippen LogP contribution in [-0.4, -0.2) is 30.7 Å². The normalized spacial score (nSPS) is 10.6. The van der Waals surface area contributed by atoms with Crippen LogP contribution < -0.4 is 14.8 Å². The van der Waals surface area contributed by atoms with E-state index in [0.29, 0.717) is 17.9 Å². The third-order valence-electron chi connectivity index (χ3n) is 3.79. The Labute approximate surface area is 139 Å². The number of nitrogens with one attached hydrogen (secondary N) is 1.